The molecular weight excluding hydrogens is 312 g/mol. The number of methoxy groups -OCH3 is 1. The molecule has 0 atom stereocenters. The molecule has 1 aromatic carbocycles. The standard InChI is InChI=1S/C15H12N6OS/c1-20-8-17-10-5-9(3-4-11(10)20)14-12(6-16)21-15(18-14)23-13(19-21)7-22-2/h3-5,8H,7H2,1-2H3. The predicted octanol–water partition coefficient (Wildman–Crippen LogP) is 2.36. The van der Waals surface area contributed by atoms with Crippen molar-refractivity contribution in [3.63, 3.8) is 0 Å². The largest absolute Gasteiger partial charge is 0.377 e. The highest BCUT2D eigenvalue weighted by Gasteiger charge is 2.18. The Bertz CT molecular complexity index is 1070. The van der Waals surface area contributed by atoms with Crippen LogP contribution in [0.5, 0.6) is 0 Å². The minimum absolute atomic E-state index is 0.411. The minimum atomic E-state index is 0.411. The quantitative estimate of drug-likeness (QED) is 0.578. The Morgan fingerprint density at radius 1 is 1.39 bits per heavy atom. The molecule has 8 heteroatoms. The third-order valence-electron chi connectivity index (χ3n) is 3.62. The second kappa shape index (κ2) is 5.15. The molecule has 0 saturated heterocycles. The number of fused-ring (bicyclic) bond motifs is 2. The Balaban J connectivity index is 1.89. The van der Waals surface area contributed by atoms with E-state index >= 15 is 0 Å². The van der Waals surface area contributed by atoms with Gasteiger partial charge in [-0.1, -0.05) is 17.4 Å². The highest BCUT2D eigenvalue weighted by Crippen LogP contribution is 2.28. The average molecular weight is 324 g/mol. The van der Waals surface area contributed by atoms with Gasteiger partial charge in [0.25, 0.3) is 0 Å². The van der Waals surface area contributed by atoms with Crippen molar-refractivity contribution >= 4 is 27.3 Å². The van der Waals surface area contributed by atoms with Crippen LogP contribution in [0.2, 0.25) is 0 Å². The van der Waals surface area contributed by atoms with E-state index in [1.165, 1.54) is 11.3 Å². The SMILES string of the molecule is COCc1nn2c(C#N)c(-c3ccc4c(c3)ncn4C)nc2s1. The van der Waals surface area contributed by atoms with Crippen molar-refractivity contribution in [1.29, 1.82) is 5.26 Å². The van der Waals surface area contributed by atoms with Crippen LogP contribution in [0.4, 0.5) is 0 Å². The average Bonchev–Trinajstić information content (AvgIpc) is 3.20. The van der Waals surface area contributed by atoms with E-state index in [9.17, 15) is 5.26 Å². The van der Waals surface area contributed by atoms with Crippen LogP contribution in [0.15, 0.2) is 24.5 Å². The molecule has 23 heavy (non-hydrogen) atoms. The molecule has 4 aromatic rings. The van der Waals surface area contributed by atoms with Crippen LogP contribution in [0.1, 0.15) is 10.7 Å². The monoisotopic (exact) mass is 324 g/mol. The zero-order valence-corrected chi connectivity index (χ0v) is 13.3. The molecule has 0 amide bonds. The van der Waals surface area contributed by atoms with Crippen LogP contribution >= 0.6 is 11.3 Å². The van der Waals surface area contributed by atoms with E-state index in [-0.39, 0.29) is 0 Å². The summed E-state index contributed by atoms with van der Waals surface area (Å²) in [5.41, 5.74) is 3.82. The lowest BCUT2D eigenvalue weighted by molar-refractivity contribution is 0.183. The van der Waals surface area contributed by atoms with Gasteiger partial charge >= 0.3 is 0 Å². The molecule has 4 rings (SSSR count). The van der Waals surface area contributed by atoms with Gasteiger partial charge < -0.3 is 9.30 Å². The first-order chi connectivity index (χ1) is 11.2. The van der Waals surface area contributed by atoms with Gasteiger partial charge in [-0.2, -0.15) is 14.9 Å². The van der Waals surface area contributed by atoms with E-state index in [0.717, 1.165) is 21.6 Å². The van der Waals surface area contributed by atoms with E-state index < -0.39 is 0 Å². The van der Waals surface area contributed by atoms with Crippen molar-refractivity contribution in [2.75, 3.05) is 7.11 Å². The molecule has 0 saturated carbocycles. The molecular formula is C15H12N6OS. The highest BCUT2D eigenvalue weighted by molar-refractivity contribution is 7.16. The molecule has 0 spiro atoms. The van der Waals surface area contributed by atoms with E-state index in [1.807, 2.05) is 29.8 Å². The van der Waals surface area contributed by atoms with Crippen LogP contribution < -0.4 is 0 Å². The van der Waals surface area contributed by atoms with Gasteiger partial charge in [0, 0.05) is 19.7 Å². The second-order valence-electron chi connectivity index (χ2n) is 5.10. The van der Waals surface area contributed by atoms with Gasteiger partial charge in [0.1, 0.15) is 16.8 Å². The number of imidazole rings is 2. The van der Waals surface area contributed by atoms with Crippen LogP contribution in [0, 0.1) is 11.3 Å². The summed E-state index contributed by atoms with van der Waals surface area (Å²) in [6, 6.07) is 8.08. The maximum Gasteiger partial charge on any atom is 0.214 e. The molecule has 0 unspecified atom stereocenters. The lowest BCUT2D eigenvalue weighted by Crippen LogP contribution is -1.93. The third kappa shape index (κ3) is 2.10. The summed E-state index contributed by atoms with van der Waals surface area (Å²) in [5.74, 6) is 0. The summed E-state index contributed by atoms with van der Waals surface area (Å²) in [5, 5.41) is 14.7. The molecule has 7 nitrogen and oxygen atoms in total. The molecule has 3 heterocycles. The summed E-state index contributed by atoms with van der Waals surface area (Å²) < 4.78 is 8.61. The molecule has 0 fully saturated rings. The Kier molecular flexibility index (Phi) is 3.11. The zero-order chi connectivity index (χ0) is 16.0. The number of benzene rings is 1. The van der Waals surface area contributed by atoms with Gasteiger partial charge in [-0.15, -0.1) is 0 Å². The fourth-order valence-electron chi connectivity index (χ4n) is 2.55. The minimum Gasteiger partial charge on any atom is -0.377 e. The van der Waals surface area contributed by atoms with Gasteiger partial charge in [-0.05, 0) is 12.1 Å². The molecule has 0 aliphatic rings. The van der Waals surface area contributed by atoms with Crippen LogP contribution in [0.25, 0.3) is 27.3 Å². The number of nitriles is 1. The fraction of sp³-hybridized carbons (Fsp3) is 0.200. The number of aromatic nitrogens is 5. The maximum atomic E-state index is 9.53. The first-order valence-electron chi connectivity index (χ1n) is 6.90. The fourth-order valence-corrected chi connectivity index (χ4v) is 3.42. The second-order valence-corrected chi connectivity index (χ2v) is 6.14. The molecule has 0 bridgehead atoms. The number of ether oxygens (including phenoxy) is 1. The van der Waals surface area contributed by atoms with E-state index in [2.05, 4.69) is 21.1 Å². The van der Waals surface area contributed by atoms with Gasteiger partial charge in [0.15, 0.2) is 5.69 Å². The highest BCUT2D eigenvalue weighted by atomic mass is 32.1. The number of nitrogens with zero attached hydrogens (tertiary/aromatic N) is 6. The Morgan fingerprint density at radius 3 is 3.04 bits per heavy atom. The molecule has 0 aliphatic heterocycles. The first-order valence-corrected chi connectivity index (χ1v) is 7.72. The van der Waals surface area contributed by atoms with Crippen LogP contribution in [-0.4, -0.2) is 31.3 Å². The summed E-state index contributed by atoms with van der Waals surface area (Å²) in [6.45, 7) is 0.411. The molecule has 0 N–H and O–H groups in total. The van der Waals surface area contributed by atoms with Crippen molar-refractivity contribution in [2.24, 2.45) is 7.05 Å². The number of rotatable bonds is 3. The lowest BCUT2D eigenvalue weighted by atomic mass is 10.1. The number of hydrogen-bond acceptors (Lipinski definition) is 6. The molecule has 3 aromatic heterocycles. The summed E-state index contributed by atoms with van der Waals surface area (Å²) in [7, 11) is 3.56. The predicted molar refractivity (Wildman–Crippen MR) is 86.0 cm³/mol. The Labute approximate surface area is 135 Å². The Morgan fingerprint density at radius 2 is 2.26 bits per heavy atom. The van der Waals surface area contributed by atoms with Crippen molar-refractivity contribution in [1.82, 2.24) is 24.1 Å². The third-order valence-corrected chi connectivity index (χ3v) is 4.50. The van der Waals surface area contributed by atoms with Crippen molar-refractivity contribution < 1.29 is 4.74 Å². The zero-order valence-electron chi connectivity index (χ0n) is 12.5. The van der Waals surface area contributed by atoms with Gasteiger partial charge in [-0.25, -0.2) is 9.97 Å². The van der Waals surface area contributed by atoms with Gasteiger partial charge in [0.05, 0.1) is 24.0 Å². The topological polar surface area (TPSA) is 81.0 Å². The number of aryl methyl sites for hydroxylation is 1. The van der Waals surface area contributed by atoms with Crippen LogP contribution in [0.3, 0.4) is 0 Å². The van der Waals surface area contributed by atoms with Gasteiger partial charge in [-0.3, -0.25) is 0 Å². The van der Waals surface area contributed by atoms with Gasteiger partial charge in [0.2, 0.25) is 4.96 Å². The van der Waals surface area contributed by atoms with Crippen molar-refractivity contribution in [3.05, 3.63) is 35.2 Å². The van der Waals surface area contributed by atoms with E-state index in [4.69, 9.17) is 4.74 Å². The normalized spacial score (nSPS) is 11.3. The maximum absolute atomic E-state index is 9.53. The summed E-state index contributed by atoms with van der Waals surface area (Å²) >= 11 is 1.42. The summed E-state index contributed by atoms with van der Waals surface area (Å²) in [6.07, 6.45) is 1.77. The number of hydrogen-bond donors (Lipinski definition) is 0. The summed E-state index contributed by atoms with van der Waals surface area (Å²) in [4.78, 5) is 9.62. The first kappa shape index (κ1) is 13.9. The molecule has 114 valence electrons. The van der Waals surface area contributed by atoms with E-state index in [1.54, 1.807) is 18.0 Å². The lowest BCUT2D eigenvalue weighted by Gasteiger charge is -1.99. The molecule has 0 aliphatic carbocycles. The van der Waals surface area contributed by atoms with E-state index in [0.29, 0.717) is 23.0 Å². The Hall–Kier alpha value is -2.76. The smallest absolute Gasteiger partial charge is 0.214 e. The van der Waals surface area contributed by atoms with Crippen molar-refractivity contribution in [3.8, 4) is 17.3 Å². The van der Waals surface area contributed by atoms with Crippen molar-refractivity contribution in [2.45, 2.75) is 6.61 Å². The van der Waals surface area contributed by atoms with Crippen LogP contribution in [-0.2, 0) is 18.4 Å². The molecule has 0 radical (unpaired) electrons.